The second kappa shape index (κ2) is 12.1. The van der Waals surface area contributed by atoms with Crippen molar-refractivity contribution in [1.82, 2.24) is 19.9 Å². The van der Waals surface area contributed by atoms with Gasteiger partial charge in [0.15, 0.2) is 0 Å². The van der Waals surface area contributed by atoms with Crippen molar-refractivity contribution in [2.24, 2.45) is 0 Å². The Balaban J connectivity index is 1.49. The van der Waals surface area contributed by atoms with Crippen LogP contribution < -0.4 is 10.1 Å². The summed E-state index contributed by atoms with van der Waals surface area (Å²) >= 11 is 0. The molecule has 3 aromatic heterocycles. The van der Waals surface area contributed by atoms with Gasteiger partial charge in [0.25, 0.3) is 0 Å². The zero-order valence-corrected chi connectivity index (χ0v) is 27.5. The molecule has 4 aromatic rings. The predicted molar refractivity (Wildman–Crippen MR) is 173 cm³/mol. The fraction of sp³-hybridized carbons (Fsp3) is 0.441. The zero-order chi connectivity index (χ0) is 30.8. The molecule has 0 unspecified atom stereocenters. The van der Waals surface area contributed by atoms with Crippen LogP contribution in [0.15, 0.2) is 61.1 Å². The topological polar surface area (TPSA) is 87.5 Å². The molecule has 5 rings (SSSR count). The quantitative estimate of drug-likeness (QED) is 0.156. The lowest BCUT2D eigenvalue weighted by Crippen LogP contribution is -2.44. The van der Waals surface area contributed by atoms with E-state index in [0.29, 0.717) is 19.0 Å². The molecular formula is C34H44N4O4Si. The molecule has 0 saturated heterocycles. The molecule has 0 fully saturated rings. The van der Waals surface area contributed by atoms with E-state index in [0.717, 1.165) is 53.3 Å². The molecule has 0 atom stereocenters. The van der Waals surface area contributed by atoms with E-state index in [-0.39, 0.29) is 0 Å². The molecule has 1 aliphatic carbocycles. The minimum absolute atomic E-state index is 0.404. The second-order valence-corrected chi connectivity index (χ2v) is 19.4. The smallest absolute Gasteiger partial charge is 0.407 e. The van der Waals surface area contributed by atoms with Gasteiger partial charge in [-0.3, -0.25) is 4.98 Å². The number of fused-ring (bicyclic) bond motifs is 2. The number of alkyl carbamates (subject to hydrolysis) is 1. The molecule has 3 heterocycles. The number of pyridine rings is 2. The number of hydrogen-bond acceptors (Lipinski definition) is 6. The third kappa shape index (κ3) is 7.10. The highest BCUT2D eigenvalue weighted by Crippen LogP contribution is 2.42. The number of carbonyl (C=O) groups excluding carboxylic acids is 1. The van der Waals surface area contributed by atoms with Gasteiger partial charge in [-0.2, -0.15) is 0 Å². The normalized spacial score (nSPS) is 14.5. The van der Waals surface area contributed by atoms with Gasteiger partial charge in [-0.05, 0) is 74.5 Å². The van der Waals surface area contributed by atoms with Crippen molar-refractivity contribution in [3.63, 3.8) is 0 Å². The van der Waals surface area contributed by atoms with Crippen LogP contribution in [0.4, 0.5) is 4.79 Å². The number of ether oxygens (including phenoxy) is 3. The first-order chi connectivity index (χ1) is 20.4. The molecule has 9 heteroatoms. The van der Waals surface area contributed by atoms with Crippen LogP contribution in [0.5, 0.6) is 5.75 Å². The lowest BCUT2D eigenvalue weighted by Gasteiger charge is -2.30. The van der Waals surface area contributed by atoms with Crippen molar-refractivity contribution in [3.8, 4) is 16.9 Å². The third-order valence-corrected chi connectivity index (χ3v) is 9.64. The minimum Gasteiger partial charge on any atom is -0.494 e. The molecule has 228 valence electrons. The number of nitrogens with zero attached hydrogens (tertiary/aromatic N) is 3. The first-order valence-corrected chi connectivity index (χ1v) is 18.7. The fourth-order valence-corrected chi connectivity index (χ4v) is 6.50. The average molecular weight is 601 g/mol. The largest absolute Gasteiger partial charge is 0.494 e. The molecule has 0 bridgehead atoms. The van der Waals surface area contributed by atoms with E-state index in [1.54, 1.807) is 13.3 Å². The van der Waals surface area contributed by atoms with Crippen molar-refractivity contribution in [2.75, 3.05) is 20.3 Å². The third-order valence-electron chi connectivity index (χ3n) is 7.94. The van der Waals surface area contributed by atoms with Crippen LogP contribution in [0.2, 0.25) is 25.7 Å². The number of amides is 1. The number of nitrogens with one attached hydrogen (secondary N) is 1. The number of hydrogen-bond donors (Lipinski definition) is 1. The molecule has 0 aliphatic heterocycles. The van der Waals surface area contributed by atoms with Crippen LogP contribution in [0.3, 0.4) is 0 Å². The summed E-state index contributed by atoms with van der Waals surface area (Å²) in [6.07, 6.45) is 6.77. The van der Waals surface area contributed by atoms with E-state index >= 15 is 0 Å². The second-order valence-electron chi connectivity index (χ2n) is 13.8. The van der Waals surface area contributed by atoms with E-state index in [9.17, 15) is 4.79 Å². The van der Waals surface area contributed by atoms with E-state index in [1.807, 2.05) is 43.8 Å². The standard InChI is InChI=1S/C34H44N4O4Si/c1-33(2,3)42-32(39)37-22-34(19-25-10-8-9-11-26(25)20-34)29-18-24(12-14-35-29)30-27-13-15-38(23-41-16-17-43(5,6)7)31(27)36-21-28(30)40-4/h8-15,18,21H,16-17,19-20,22-23H2,1-7H3,(H,37,39). The molecule has 1 aliphatic rings. The maximum Gasteiger partial charge on any atom is 0.407 e. The van der Waals surface area contributed by atoms with E-state index < -0.39 is 25.2 Å². The number of methoxy groups -OCH3 is 1. The van der Waals surface area contributed by atoms with Crippen LogP contribution in [0.1, 0.15) is 37.6 Å². The average Bonchev–Trinajstić information content (AvgIpc) is 3.54. The molecule has 8 nitrogen and oxygen atoms in total. The van der Waals surface area contributed by atoms with Crippen molar-refractivity contribution in [2.45, 2.75) is 77.0 Å². The van der Waals surface area contributed by atoms with Gasteiger partial charge in [-0.1, -0.05) is 43.9 Å². The molecule has 1 N–H and O–H groups in total. The summed E-state index contributed by atoms with van der Waals surface area (Å²) in [4.78, 5) is 22.4. The van der Waals surface area contributed by atoms with Crippen LogP contribution in [-0.2, 0) is 34.5 Å². The number of benzene rings is 1. The highest BCUT2D eigenvalue weighted by molar-refractivity contribution is 6.76. The zero-order valence-electron chi connectivity index (χ0n) is 26.5. The molecule has 1 aromatic carbocycles. The lowest BCUT2D eigenvalue weighted by molar-refractivity contribution is 0.0514. The highest BCUT2D eigenvalue weighted by Gasteiger charge is 2.41. The monoisotopic (exact) mass is 600 g/mol. The molecule has 0 spiro atoms. The molecule has 43 heavy (non-hydrogen) atoms. The fourth-order valence-electron chi connectivity index (χ4n) is 5.74. The Labute approximate surface area is 255 Å². The molecule has 1 amide bonds. The van der Waals surface area contributed by atoms with Gasteiger partial charge in [0, 0.05) is 55.7 Å². The number of aromatic nitrogens is 3. The van der Waals surface area contributed by atoms with Gasteiger partial charge in [-0.25, -0.2) is 9.78 Å². The molecule has 0 saturated carbocycles. The van der Waals surface area contributed by atoms with Crippen molar-refractivity contribution < 1.29 is 19.0 Å². The van der Waals surface area contributed by atoms with Crippen LogP contribution in [0.25, 0.3) is 22.2 Å². The van der Waals surface area contributed by atoms with Crippen molar-refractivity contribution >= 4 is 25.2 Å². The summed E-state index contributed by atoms with van der Waals surface area (Å²) in [5, 5.41) is 4.04. The first kappa shape index (κ1) is 30.8. The van der Waals surface area contributed by atoms with Crippen molar-refractivity contribution in [3.05, 3.63) is 77.9 Å². The molecular weight excluding hydrogens is 556 g/mol. The molecule has 0 radical (unpaired) electrons. The summed E-state index contributed by atoms with van der Waals surface area (Å²) in [6.45, 7) is 14.3. The Morgan fingerprint density at radius 2 is 1.79 bits per heavy atom. The van der Waals surface area contributed by atoms with Crippen LogP contribution in [0, 0.1) is 0 Å². The van der Waals surface area contributed by atoms with Gasteiger partial charge in [0.2, 0.25) is 0 Å². The van der Waals surface area contributed by atoms with Gasteiger partial charge in [0.1, 0.15) is 23.7 Å². The summed E-state index contributed by atoms with van der Waals surface area (Å²) in [5.41, 5.74) is 5.25. The number of carbonyl (C=O) groups is 1. The Hall–Kier alpha value is -3.69. The van der Waals surface area contributed by atoms with Gasteiger partial charge in [0.05, 0.1) is 13.3 Å². The van der Waals surface area contributed by atoms with Gasteiger partial charge < -0.3 is 24.1 Å². The van der Waals surface area contributed by atoms with Crippen LogP contribution in [-0.4, -0.2) is 54.6 Å². The van der Waals surface area contributed by atoms with E-state index in [1.165, 1.54) is 11.1 Å². The Morgan fingerprint density at radius 1 is 1.07 bits per heavy atom. The summed E-state index contributed by atoms with van der Waals surface area (Å²) < 4.78 is 19.5. The summed E-state index contributed by atoms with van der Waals surface area (Å²) in [5.74, 6) is 0.692. The van der Waals surface area contributed by atoms with Crippen LogP contribution >= 0.6 is 0 Å². The maximum atomic E-state index is 12.7. The van der Waals surface area contributed by atoms with E-state index in [4.69, 9.17) is 24.2 Å². The Kier molecular flexibility index (Phi) is 8.67. The summed E-state index contributed by atoms with van der Waals surface area (Å²) in [6, 6.07) is 15.8. The predicted octanol–water partition coefficient (Wildman–Crippen LogP) is 6.98. The van der Waals surface area contributed by atoms with E-state index in [2.05, 4.69) is 61.4 Å². The minimum atomic E-state index is -1.17. The number of rotatable bonds is 10. The lowest BCUT2D eigenvalue weighted by atomic mass is 9.80. The van der Waals surface area contributed by atoms with Gasteiger partial charge in [-0.15, -0.1) is 0 Å². The van der Waals surface area contributed by atoms with Crippen molar-refractivity contribution in [1.29, 1.82) is 0 Å². The highest BCUT2D eigenvalue weighted by atomic mass is 28.3. The van der Waals surface area contributed by atoms with Gasteiger partial charge >= 0.3 is 6.09 Å². The SMILES string of the molecule is COc1cnc2c(ccn2COCC[Si](C)(C)C)c1-c1ccnc(C2(CNC(=O)OC(C)(C)C)Cc3ccccc3C2)c1. The maximum absolute atomic E-state index is 12.7. The first-order valence-electron chi connectivity index (χ1n) is 15.0. The Bertz CT molecular complexity index is 1580. The Morgan fingerprint density at radius 3 is 2.44 bits per heavy atom. The summed E-state index contributed by atoms with van der Waals surface area (Å²) in [7, 11) is 0.504.